The molecule has 4 nitrogen and oxygen atoms in total. The van der Waals surface area contributed by atoms with Crippen LogP contribution in [-0.4, -0.2) is 11.6 Å². The van der Waals surface area contributed by atoms with E-state index in [0.29, 0.717) is 19.7 Å². The van der Waals surface area contributed by atoms with E-state index >= 15 is 0 Å². The second-order valence-corrected chi connectivity index (χ2v) is 6.70. The highest BCUT2D eigenvalue weighted by Gasteiger charge is 2.10. The van der Waals surface area contributed by atoms with Crippen LogP contribution in [0.3, 0.4) is 0 Å². The van der Waals surface area contributed by atoms with Gasteiger partial charge in [0.05, 0.1) is 11.1 Å². The van der Waals surface area contributed by atoms with Crippen LogP contribution in [0.2, 0.25) is 0 Å². The normalized spacial score (nSPS) is 10.8. The number of nitrogens with one attached hydrogen (secondary N) is 2. The molecule has 0 aliphatic heterocycles. The van der Waals surface area contributed by atoms with Gasteiger partial charge in [0.2, 0.25) is 0 Å². The van der Waals surface area contributed by atoms with Crippen LogP contribution in [0.1, 0.15) is 18.2 Å². The molecule has 0 aliphatic rings. The molecule has 2 N–H and O–H groups in total. The fraction of sp³-hybridized carbons (Fsp3) is 0.308. The minimum Gasteiger partial charge on any atom is -0.492 e. The first kappa shape index (κ1) is 15.8. The number of H-pyrrole nitrogens is 1. The molecule has 0 amide bonds. The maximum Gasteiger partial charge on any atom is 0.304 e. The summed E-state index contributed by atoms with van der Waals surface area (Å²) in [6.45, 7) is 3.85. The number of aromatic amines is 1. The van der Waals surface area contributed by atoms with E-state index in [9.17, 15) is 4.79 Å². The summed E-state index contributed by atoms with van der Waals surface area (Å²) in [5.41, 5.74) is 1.96. The summed E-state index contributed by atoms with van der Waals surface area (Å²) in [5, 5.41) is 5.13. The third kappa shape index (κ3) is 4.18. The van der Waals surface area contributed by atoms with Gasteiger partial charge in [0, 0.05) is 34.2 Å². The highest BCUT2D eigenvalue weighted by Crippen LogP contribution is 2.32. The van der Waals surface area contributed by atoms with Gasteiger partial charge >= 0.3 is 4.87 Å². The van der Waals surface area contributed by atoms with Gasteiger partial charge < -0.3 is 15.0 Å². The number of rotatable bonds is 6. The minimum atomic E-state index is -0.0259. The maximum absolute atomic E-state index is 11.1. The summed E-state index contributed by atoms with van der Waals surface area (Å²) in [4.78, 5) is 13.8. The topological polar surface area (TPSA) is 54.1 Å². The van der Waals surface area contributed by atoms with Gasteiger partial charge in [0.1, 0.15) is 5.75 Å². The zero-order chi connectivity index (χ0) is 14.5. The average Bonchev–Trinajstić information content (AvgIpc) is 2.79. The number of benzene rings is 1. The third-order valence-corrected chi connectivity index (χ3v) is 4.34. The van der Waals surface area contributed by atoms with E-state index in [1.807, 2.05) is 24.4 Å². The van der Waals surface area contributed by atoms with E-state index in [4.69, 9.17) is 4.74 Å². The van der Waals surface area contributed by atoms with Gasteiger partial charge in [0.15, 0.2) is 0 Å². The standard InChI is InChI=1S/C13H14Br2N2O2S/c1-2-19-12-8(3-9(14)4-11(12)15)5-16-6-10-7-20-13(18)17-10/h3-4,7,16H,2,5-6H2,1H3,(H,17,18). The number of ether oxygens (including phenoxy) is 1. The van der Waals surface area contributed by atoms with E-state index in [2.05, 4.69) is 42.2 Å². The van der Waals surface area contributed by atoms with Crippen LogP contribution in [0.5, 0.6) is 5.75 Å². The lowest BCUT2D eigenvalue weighted by Gasteiger charge is -2.13. The zero-order valence-corrected chi connectivity index (χ0v) is 14.8. The fourth-order valence-corrected chi connectivity index (χ4v) is 3.79. The van der Waals surface area contributed by atoms with E-state index in [-0.39, 0.29) is 4.87 Å². The molecule has 1 aromatic heterocycles. The molecule has 0 spiro atoms. The largest absolute Gasteiger partial charge is 0.492 e. The summed E-state index contributed by atoms with van der Waals surface area (Å²) in [7, 11) is 0. The lowest BCUT2D eigenvalue weighted by Crippen LogP contribution is -2.15. The first-order valence-corrected chi connectivity index (χ1v) is 8.55. The molecule has 1 aromatic carbocycles. The molecular formula is C13H14Br2N2O2S. The quantitative estimate of drug-likeness (QED) is 0.748. The highest BCUT2D eigenvalue weighted by molar-refractivity contribution is 9.11. The Balaban J connectivity index is 2.06. The van der Waals surface area contributed by atoms with Crippen LogP contribution >= 0.6 is 43.2 Å². The van der Waals surface area contributed by atoms with Gasteiger partial charge in [-0.1, -0.05) is 27.3 Å². The van der Waals surface area contributed by atoms with E-state index in [0.717, 1.165) is 26.0 Å². The van der Waals surface area contributed by atoms with Gasteiger partial charge in [-0.05, 0) is 35.0 Å². The molecule has 1 heterocycles. The van der Waals surface area contributed by atoms with Crippen LogP contribution in [0.15, 0.2) is 31.3 Å². The average molecular weight is 422 g/mol. The summed E-state index contributed by atoms with van der Waals surface area (Å²) < 4.78 is 7.59. The van der Waals surface area contributed by atoms with Gasteiger partial charge in [-0.2, -0.15) is 0 Å². The molecule has 2 rings (SSSR count). The summed E-state index contributed by atoms with van der Waals surface area (Å²) in [6, 6.07) is 3.99. The molecule has 0 atom stereocenters. The van der Waals surface area contributed by atoms with Crippen molar-refractivity contribution in [3.63, 3.8) is 0 Å². The van der Waals surface area contributed by atoms with Crippen molar-refractivity contribution in [1.82, 2.24) is 10.3 Å². The van der Waals surface area contributed by atoms with Crippen LogP contribution in [0, 0.1) is 0 Å². The van der Waals surface area contributed by atoms with Crippen LogP contribution in [0.4, 0.5) is 0 Å². The van der Waals surface area contributed by atoms with Crippen molar-refractivity contribution in [1.29, 1.82) is 0 Å². The molecule has 0 saturated carbocycles. The summed E-state index contributed by atoms with van der Waals surface area (Å²) in [6.07, 6.45) is 0. The number of aromatic nitrogens is 1. The third-order valence-electron chi connectivity index (χ3n) is 2.58. The van der Waals surface area contributed by atoms with Crippen molar-refractivity contribution >= 4 is 43.2 Å². The van der Waals surface area contributed by atoms with Crippen molar-refractivity contribution < 1.29 is 4.74 Å². The SMILES string of the molecule is CCOc1c(Br)cc(Br)cc1CNCc1csc(=O)[nH]1. The molecule has 0 bridgehead atoms. The van der Waals surface area contributed by atoms with E-state index in [1.165, 1.54) is 11.3 Å². The Morgan fingerprint density at radius 3 is 2.80 bits per heavy atom. The van der Waals surface area contributed by atoms with Gasteiger partial charge in [-0.25, -0.2) is 0 Å². The van der Waals surface area contributed by atoms with Crippen molar-refractivity contribution in [3.8, 4) is 5.75 Å². The molecule has 0 unspecified atom stereocenters. The van der Waals surface area contributed by atoms with Crippen molar-refractivity contribution in [3.05, 3.63) is 47.4 Å². The number of hydrogen-bond donors (Lipinski definition) is 2. The number of thiazole rings is 1. The van der Waals surface area contributed by atoms with Crippen molar-refractivity contribution in [2.24, 2.45) is 0 Å². The van der Waals surface area contributed by atoms with Crippen LogP contribution in [0.25, 0.3) is 0 Å². The Bertz CT molecular complexity index is 640. The summed E-state index contributed by atoms with van der Waals surface area (Å²) in [5.74, 6) is 0.849. The van der Waals surface area contributed by atoms with Crippen LogP contribution < -0.4 is 14.9 Å². The predicted molar refractivity (Wildman–Crippen MR) is 88.5 cm³/mol. The molecule has 0 aliphatic carbocycles. The minimum absolute atomic E-state index is 0.0259. The predicted octanol–water partition coefficient (Wildman–Crippen LogP) is 3.65. The Kier molecular flexibility index (Phi) is 5.83. The molecular weight excluding hydrogens is 408 g/mol. The molecule has 20 heavy (non-hydrogen) atoms. The Labute approximate surface area is 137 Å². The van der Waals surface area contributed by atoms with Gasteiger partial charge in [0.25, 0.3) is 0 Å². The lowest BCUT2D eigenvalue weighted by molar-refractivity contribution is 0.333. The number of hydrogen-bond acceptors (Lipinski definition) is 4. The maximum atomic E-state index is 11.1. The molecule has 0 saturated heterocycles. The molecule has 0 radical (unpaired) electrons. The molecule has 7 heteroatoms. The Morgan fingerprint density at radius 1 is 1.35 bits per heavy atom. The van der Waals surface area contributed by atoms with Gasteiger partial charge in [-0.3, -0.25) is 4.79 Å². The molecule has 2 aromatic rings. The first-order chi connectivity index (χ1) is 9.60. The molecule has 108 valence electrons. The second-order valence-electron chi connectivity index (χ2n) is 4.09. The Hall–Kier alpha value is -0.630. The summed E-state index contributed by atoms with van der Waals surface area (Å²) >= 11 is 8.17. The van der Waals surface area contributed by atoms with Gasteiger partial charge in [-0.15, -0.1) is 0 Å². The zero-order valence-electron chi connectivity index (χ0n) is 10.8. The smallest absolute Gasteiger partial charge is 0.304 e. The Morgan fingerprint density at radius 2 is 2.15 bits per heavy atom. The monoisotopic (exact) mass is 420 g/mol. The van der Waals surface area contributed by atoms with Crippen molar-refractivity contribution in [2.75, 3.05) is 6.61 Å². The lowest BCUT2D eigenvalue weighted by atomic mass is 10.2. The number of halogens is 2. The van der Waals surface area contributed by atoms with Crippen molar-refractivity contribution in [2.45, 2.75) is 20.0 Å². The first-order valence-electron chi connectivity index (χ1n) is 6.08. The second kappa shape index (κ2) is 7.40. The van der Waals surface area contributed by atoms with E-state index in [1.54, 1.807) is 0 Å². The van der Waals surface area contributed by atoms with E-state index < -0.39 is 0 Å². The van der Waals surface area contributed by atoms with Crippen LogP contribution in [-0.2, 0) is 13.1 Å². The molecule has 0 fully saturated rings. The highest BCUT2D eigenvalue weighted by atomic mass is 79.9. The fourth-order valence-electron chi connectivity index (χ4n) is 1.78.